The van der Waals surface area contributed by atoms with Crippen molar-refractivity contribution in [3.8, 4) is 5.75 Å². The maximum atomic E-state index is 6.04. The van der Waals surface area contributed by atoms with E-state index in [9.17, 15) is 0 Å². The van der Waals surface area contributed by atoms with E-state index in [2.05, 4.69) is 5.48 Å². The van der Waals surface area contributed by atoms with Crippen molar-refractivity contribution in [3.63, 3.8) is 0 Å². The molecule has 1 heterocycles. The molecule has 2 atom stereocenters. The van der Waals surface area contributed by atoms with E-state index in [1.165, 1.54) is 0 Å². The van der Waals surface area contributed by atoms with Gasteiger partial charge >= 0.3 is 0 Å². The summed E-state index contributed by atoms with van der Waals surface area (Å²) in [6.07, 6.45) is -0.0316. The predicted octanol–water partition coefficient (Wildman–Crippen LogP) is 2.97. The van der Waals surface area contributed by atoms with Crippen molar-refractivity contribution in [1.82, 2.24) is 5.48 Å². The van der Waals surface area contributed by atoms with Gasteiger partial charge in [-0.15, -0.1) is 0 Å². The van der Waals surface area contributed by atoms with Crippen LogP contribution < -0.4 is 10.2 Å². The SMILES string of the molecule is CONC1c2ccc(Cl)c(Cl)c2OC1C. The Hall–Kier alpha value is -0.480. The standard InChI is InChI=1S/C10H11Cl2NO2/c1-5-9(13-14-2)6-3-4-7(11)8(12)10(6)15-5/h3-5,9,13H,1-2H3. The summed E-state index contributed by atoms with van der Waals surface area (Å²) in [5, 5.41) is 0.960. The Bertz CT molecular complexity index is 384. The molecule has 0 fully saturated rings. The zero-order valence-corrected chi connectivity index (χ0v) is 9.89. The van der Waals surface area contributed by atoms with E-state index >= 15 is 0 Å². The Morgan fingerprint density at radius 3 is 2.80 bits per heavy atom. The molecule has 15 heavy (non-hydrogen) atoms. The van der Waals surface area contributed by atoms with Crippen molar-refractivity contribution in [3.05, 3.63) is 27.7 Å². The first-order valence-electron chi connectivity index (χ1n) is 4.58. The Kier molecular flexibility index (Phi) is 3.07. The average Bonchev–Trinajstić information content (AvgIpc) is 2.52. The summed E-state index contributed by atoms with van der Waals surface area (Å²) in [6.45, 7) is 1.95. The smallest absolute Gasteiger partial charge is 0.144 e. The molecule has 0 aliphatic carbocycles. The lowest BCUT2D eigenvalue weighted by molar-refractivity contribution is 0.0339. The highest BCUT2D eigenvalue weighted by Gasteiger charge is 2.33. The Morgan fingerprint density at radius 2 is 2.13 bits per heavy atom. The van der Waals surface area contributed by atoms with Crippen LogP contribution in [0.1, 0.15) is 18.5 Å². The van der Waals surface area contributed by atoms with Gasteiger partial charge in [-0.05, 0) is 13.0 Å². The number of halogens is 2. The first-order chi connectivity index (χ1) is 7.15. The number of hydrogen-bond donors (Lipinski definition) is 1. The van der Waals surface area contributed by atoms with Crippen LogP contribution in [0.4, 0.5) is 0 Å². The van der Waals surface area contributed by atoms with Crippen LogP contribution in [0.3, 0.4) is 0 Å². The fourth-order valence-electron chi connectivity index (χ4n) is 1.70. The van der Waals surface area contributed by atoms with Gasteiger partial charge in [0.2, 0.25) is 0 Å². The van der Waals surface area contributed by atoms with Crippen LogP contribution in [-0.4, -0.2) is 13.2 Å². The molecule has 0 amide bonds. The number of hydrogen-bond acceptors (Lipinski definition) is 3. The fraction of sp³-hybridized carbons (Fsp3) is 0.400. The van der Waals surface area contributed by atoms with Crippen molar-refractivity contribution >= 4 is 23.2 Å². The molecule has 5 heteroatoms. The zero-order chi connectivity index (χ0) is 11.0. The van der Waals surface area contributed by atoms with Gasteiger partial charge < -0.3 is 9.57 Å². The Labute approximate surface area is 98.2 Å². The first-order valence-corrected chi connectivity index (χ1v) is 5.33. The van der Waals surface area contributed by atoms with Crippen molar-refractivity contribution < 1.29 is 9.57 Å². The number of fused-ring (bicyclic) bond motifs is 1. The third-order valence-electron chi connectivity index (χ3n) is 2.43. The molecule has 0 aromatic heterocycles. The van der Waals surface area contributed by atoms with Crippen LogP contribution >= 0.6 is 23.2 Å². The number of hydroxylamine groups is 1. The second kappa shape index (κ2) is 4.18. The van der Waals surface area contributed by atoms with E-state index < -0.39 is 0 Å². The van der Waals surface area contributed by atoms with Crippen molar-refractivity contribution in [2.24, 2.45) is 0 Å². The summed E-state index contributed by atoms with van der Waals surface area (Å²) in [4.78, 5) is 4.92. The van der Waals surface area contributed by atoms with Crippen LogP contribution in [0.2, 0.25) is 10.0 Å². The summed E-state index contributed by atoms with van der Waals surface area (Å²) in [5.41, 5.74) is 3.84. The van der Waals surface area contributed by atoms with Crippen LogP contribution in [0.15, 0.2) is 12.1 Å². The normalized spacial score (nSPS) is 23.7. The molecule has 1 N–H and O–H groups in total. The van der Waals surface area contributed by atoms with E-state index in [1.54, 1.807) is 13.2 Å². The molecule has 1 aliphatic heterocycles. The highest BCUT2D eigenvalue weighted by Crippen LogP contribution is 2.44. The van der Waals surface area contributed by atoms with E-state index in [4.69, 9.17) is 32.8 Å². The van der Waals surface area contributed by atoms with Gasteiger partial charge in [-0.2, -0.15) is 5.48 Å². The quantitative estimate of drug-likeness (QED) is 0.816. The fourth-order valence-corrected chi connectivity index (χ4v) is 2.07. The number of nitrogens with one attached hydrogen (secondary N) is 1. The van der Waals surface area contributed by atoms with E-state index in [-0.39, 0.29) is 12.1 Å². The van der Waals surface area contributed by atoms with Crippen LogP contribution in [-0.2, 0) is 4.84 Å². The highest BCUT2D eigenvalue weighted by atomic mass is 35.5. The van der Waals surface area contributed by atoms with Gasteiger partial charge in [0, 0.05) is 5.56 Å². The monoisotopic (exact) mass is 247 g/mol. The summed E-state index contributed by atoms with van der Waals surface area (Å²) >= 11 is 11.9. The molecule has 1 aromatic rings. The lowest BCUT2D eigenvalue weighted by Crippen LogP contribution is -2.27. The molecule has 2 rings (SSSR count). The summed E-state index contributed by atoms with van der Waals surface area (Å²) in [7, 11) is 1.57. The van der Waals surface area contributed by atoms with E-state index in [1.807, 2.05) is 13.0 Å². The molecule has 0 spiro atoms. The minimum Gasteiger partial charge on any atom is -0.487 e. The molecular weight excluding hydrogens is 237 g/mol. The maximum absolute atomic E-state index is 6.04. The molecule has 0 radical (unpaired) electrons. The average molecular weight is 248 g/mol. The molecular formula is C10H11Cl2NO2. The van der Waals surface area contributed by atoms with Gasteiger partial charge in [-0.3, -0.25) is 0 Å². The second-order valence-electron chi connectivity index (χ2n) is 3.40. The number of benzene rings is 1. The molecule has 1 aliphatic rings. The summed E-state index contributed by atoms with van der Waals surface area (Å²) in [6, 6.07) is 3.64. The van der Waals surface area contributed by atoms with Gasteiger partial charge in [0.05, 0.1) is 18.2 Å². The van der Waals surface area contributed by atoms with Gasteiger partial charge in [0.25, 0.3) is 0 Å². The Balaban J connectivity index is 2.42. The minimum atomic E-state index is -0.0316. The van der Waals surface area contributed by atoms with Crippen LogP contribution in [0.5, 0.6) is 5.75 Å². The topological polar surface area (TPSA) is 30.5 Å². The molecule has 0 saturated carbocycles. The lowest BCUT2D eigenvalue weighted by Gasteiger charge is -2.14. The number of ether oxygens (including phenoxy) is 1. The van der Waals surface area contributed by atoms with Crippen molar-refractivity contribution in [1.29, 1.82) is 0 Å². The van der Waals surface area contributed by atoms with Crippen molar-refractivity contribution in [2.45, 2.75) is 19.1 Å². The van der Waals surface area contributed by atoms with Gasteiger partial charge in [0.1, 0.15) is 16.9 Å². The third-order valence-corrected chi connectivity index (χ3v) is 3.22. The van der Waals surface area contributed by atoms with Gasteiger partial charge in [-0.25, -0.2) is 0 Å². The Morgan fingerprint density at radius 1 is 1.40 bits per heavy atom. The third kappa shape index (κ3) is 1.81. The highest BCUT2D eigenvalue weighted by molar-refractivity contribution is 6.43. The molecule has 82 valence electrons. The van der Waals surface area contributed by atoms with E-state index in [0.717, 1.165) is 5.56 Å². The summed E-state index contributed by atoms with van der Waals surface area (Å²) < 4.78 is 5.62. The van der Waals surface area contributed by atoms with E-state index in [0.29, 0.717) is 15.8 Å². The summed E-state index contributed by atoms with van der Waals surface area (Å²) in [5.74, 6) is 0.645. The number of rotatable bonds is 2. The zero-order valence-electron chi connectivity index (χ0n) is 8.38. The van der Waals surface area contributed by atoms with Crippen molar-refractivity contribution in [2.75, 3.05) is 7.11 Å². The molecule has 1 aromatic carbocycles. The first kappa shape index (κ1) is 11.0. The minimum absolute atomic E-state index is 0.0141. The lowest BCUT2D eigenvalue weighted by atomic mass is 10.1. The second-order valence-corrected chi connectivity index (χ2v) is 4.19. The van der Waals surface area contributed by atoms with Crippen LogP contribution in [0, 0.1) is 0 Å². The maximum Gasteiger partial charge on any atom is 0.144 e. The molecule has 2 unspecified atom stereocenters. The van der Waals surface area contributed by atoms with Gasteiger partial charge in [-0.1, -0.05) is 29.3 Å². The predicted molar refractivity (Wildman–Crippen MR) is 59.4 cm³/mol. The molecule has 0 saturated heterocycles. The molecule has 0 bridgehead atoms. The van der Waals surface area contributed by atoms with Gasteiger partial charge in [0.15, 0.2) is 0 Å². The molecule has 3 nitrogen and oxygen atoms in total. The van der Waals surface area contributed by atoms with Crippen LogP contribution in [0.25, 0.3) is 0 Å². The largest absolute Gasteiger partial charge is 0.487 e.